The Hall–Kier alpha value is -2.92. The number of rotatable bonds is 8. The Labute approximate surface area is 323 Å². The first-order valence-electron chi connectivity index (χ1n) is 13.0. The van der Waals surface area contributed by atoms with Crippen molar-refractivity contribution in [2.45, 2.75) is 0 Å². The highest BCUT2D eigenvalue weighted by Crippen LogP contribution is 2.28. The van der Waals surface area contributed by atoms with Crippen LogP contribution in [-0.4, -0.2) is 71.9 Å². The van der Waals surface area contributed by atoms with Crippen molar-refractivity contribution in [2.75, 3.05) is 48.1 Å². The van der Waals surface area contributed by atoms with Gasteiger partial charge in [-0.25, -0.2) is 9.97 Å². The lowest BCUT2D eigenvalue weighted by Crippen LogP contribution is -2.18. The molecule has 22 heteroatoms. The molecule has 0 bridgehead atoms. The van der Waals surface area contributed by atoms with Crippen molar-refractivity contribution in [3.8, 4) is 23.0 Å². The van der Waals surface area contributed by atoms with E-state index in [4.69, 9.17) is 25.1 Å². The SMILES string of the molecule is Brc1ccc2c(n1)NCCO2.Nc1nc(Br)ccc1OCCBr.O=[N+]([O-])c1nc(Br)ccc1O.O=[N+]([O-])c1nc(Br)ccc1OCCBr. The summed E-state index contributed by atoms with van der Waals surface area (Å²) in [5.41, 5.74) is 5.58. The molecule has 0 aliphatic carbocycles. The van der Waals surface area contributed by atoms with Crippen LogP contribution in [0, 0.1) is 20.2 Å². The smallest absolute Gasteiger partial charge is 0.407 e. The van der Waals surface area contributed by atoms with Gasteiger partial charge in [0, 0.05) is 54.7 Å². The third-order valence-electron chi connectivity index (χ3n) is 4.97. The van der Waals surface area contributed by atoms with Crippen molar-refractivity contribution in [3.05, 3.63) is 87.2 Å². The second-order valence-corrected chi connectivity index (χ2v) is 13.1. The molecule has 0 saturated heterocycles. The predicted octanol–water partition coefficient (Wildman–Crippen LogP) is 7.83. The summed E-state index contributed by atoms with van der Waals surface area (Å²) in [7, 11) is 0. The molecule has 48 heavy (non-hydrogen) atoms. The highest BCUT2D eigenvalue weighted by molar-refractivity contribution is 9.11. The molecule has 0 aromatic carbocycles. The number of nitro groups is 2. The van der Waals surface area contributed by atoms with Gasteiger partial charge in [0.05, 0.1) is 19.8 Å². The van der Waals surface area contributed by atoms with E-state index in [9.17, 15) is 20.2 Å². The second-order valence-electron chi connectivity index (χ2n) is 8.29. The molecule has 0 spiro atoms. The molecule has 0 radical (unpaired) electrons. The number of nitrogen functional groups attached to an aromatic ring is 1. The minimum Gasteiger partial charge on any atom is -0.501 e. The summed E-state index contributed by atoms with van der Waals surface area (Å²) < 4.78 is 18.0. The number of pyridine rings is 4. The molecule has 0 fully saturated rings. The standard InChI is InChI=1S/C7H6Br2N2O3.C7H8Br2N2O.C7H7BrN2O.C5H3BrN2O3/c8-3-4-14-5-1-2-6(9)10-7(5)11(12)13;8-3-4-12-5-1-2-6(9)11-7(5)10;8-6-2-1-5-7(10-6)9-3-4-11-5;6-4-2-1-3(9)5(7-4)8(10)11/h1-2H,3-4H2;1-2H,3-4H2,(H2,10,11);1-2H,3-4H2,(H,9,10);1-2,9H. The first kappa shape index (κ1) is 41.3. The summed E-state index contributed by atoms with van der Waals surface area (Å²) in [6.45, 7) is 2.50. The lowest BCUT2D eigenvalue weighted by molar-refractivity contribution is -0.390. The average molecular weight is 1060 g/mol. The number of nitrogens with one attached hydrogen (secondary N) is 1. The molecule has 258 valence electrons. The van der Waals surface area contributed by atoms with E-state index in [1.54, 1.807) is 18.2 Å². The molecule has 1 aliphatic rings. The predicted molar refractivity (Wildman–Crippen MR) is 200 cm³/mol. The van der Waals surface area contributed by atoms with Gasteiger partial charge in [0.2, 0.25) is 20.7 Å². The molecule has 4 aromatic rings. The molecule has 5 rings (SSSR count). The average Bonchev–Trinajstić information content (AvgIpc) is 3.05. The number of halogens is 6. The van der Waals surface area contributed by atoms with E-state index >= 15 is 0 Å². The first-order valence-corrected chi connectivity index (χ1v) is 18.4. The zero-order valence-electron chi connectivity index (χ0n) is 24.2. The Kier molecular flexibility index (Phi) is 18.8. The number of fused-ring (bicyclic) bond motifs is 1. The van der Waals surface area contributed by atoms with Crippen LogP contribution in [0.25, 0.3) is 0 Å². The molecular weight excluding hydrogens is 1030 g/mol. The van der Waals surface area contributed by atoms with Gasteiger partial charge in [-0.2, -0.15) is 0 Å². The third-order valence-corrected chi connectivity index (χ3v) is 7.38. The van der Waals surface area contributed by atoms with Crippen LogP contribution in [0.1, 0.15) is 0 Å². The fraction of sp³-hybridized carbons (Fsp3) is 0.231. The maximum absolute atomic E-state index is 10.6. The molecule has 16 nitrogen and oxygen atoms in total. The van der Waals surface area contributed by atoms with Gasteiger partial charge < -0.3 is 50.6 Å². The summed E-state index contributed by atoms with van der Waals surface area (Å²) in [6.07, 6.45) is 0. The van der Waals surface area contributed by atoms with Crippen LogP contribution in [0.5, 0.6) is 23.0 Å². The number of nitrogens with zero attached hydrogens (tertiary/aromatic N) is 6. The molecular formula is C26H24Br6N8O8. The normalized spacial score (nSPS) is 10.9. The van der Waals surface area contributed by atoms with Crippen LogP contribution >= 0.6 is 95.6 Å². The quantitative estimate of drug-likeness (QED) is 0.0662. The molecule has 0 amide bonds. The highest BCUT2D eigenvalue weighted by Gasteiger charge is 2.18. The zero-order chi connectivity index (χ0) is 35.6. The Morgan fingerprint density at radius 3 is 1.83 bits per heavy atom. The number of aromatic nitrogens is 4. The molecule has 4 N–H and O–H groups in total. The van der Waals surface area contributed by atoms with Crippen LogP contribution < -0.4 is 25.3 Å². The van der Waals surface area contributed by atoms with Crippen molar-refractivity contribution in [3.63, 3.8) is 0 Å². The minimum absolute atomic E-state index is 0.178. The van der Waals surface area contributed by atoms with Crippen LogP contribution in [-0.2, 0) is 0 Å². The van der Waals surface area contributed by atoms with Gasteiger partial charge in [-0.3, -0.25) is 0 Å². The van der Waals surface area contributed by atoms with Crippen LogP contribution in [0.4, 0.5) is 23.3 Å². The van der Waals surface area contributed by atoms with Crippen molar-refractivity contribution in [2.24, 2.45) is 0 Å². The Balaban J connectivity index is 0.000000223. The van der Waals surface area contributed by atoms with Crippen molar-refractivity contribution >= 4 is 119 Å². The van der Waals surface area contributed by atoms with Gasteiger partial charge in [-0.05, 0) is 88.1 Å². The third kappa shape index (κ3) is 14.7. The van der Waals surface area contributed by atoms with Crippen molar-refractivity contribution < 1.29 is 29.2 Å². The number of alkyl halides is 2. The highest BCUT2D eigenvalue weighted by atomic mass is 79.9. The summed E-state index contributed by atoms with van der Waals surface area (Å²) in [5.74, 6) is 1.61. The molecule has 0 atom stereocenters. The fourth-order valence-corrected chi connectivity index (χ4v) is 4.62. The molecule has 0 saturated carbocycles. The van der Waals surface area contributed by atoms with Gasteiger partial charge in [-0.1, -0.05) is 31.9 Å². The molecule has 4 aromatic heterocycles. The van der Waals surface area contributed by atoms with Gasteiger partial charge in [0.1, 0.15) is 15.8 Å². The zero-order valence-corrected chi connectivity index (χ0v) is 33.7. The Bertz CT molecular complexity index is 1680. The van der Waals surface area contributed by atoms with E-state index in [0.29, 0.717) is 43.9 Å². The topological polar surface area (TPSA) is 224 Å². The number of aromatic hydroxyl groups is 1. The van der Waals surface area contributed by atoms with Crippen LogP contribution in [0.3, 0.4) is 0 Å². The summed E-state index contributed by atoms with van der Waals surface area (Å²) in [5, 5.41) is 34.1. The van der Waals surface area contributed by atoms with Crippen LogP contribution in [0.2, 0.25) is 0 Å². The van der Waals surface area contributed by atoms with Crippen LogP contribution in [0.15, 0.2) is 66.9 Å². The number of hydrogen-bond acceptors (Lipinski definition) is 14. The Morgan fingerprint density at radius 2 is 1.27 bits per heavy atom. The number of nitrogens with two attached hydrogens (primary N) is 1. The summed E-state index contributed by atoms with van der Waals surface area (Å²) >= 11 is 18.9. The van der Waals surface area contributed by atoms with Gasteiger partial charge >= 0.3 is 11.6 Å². The monoisotopic (exact) mass is 1050 g/mol. The van der Waals surface area contributed by atoms with Gasteiger partial charge in [-0.15, -0.1) is 0 Å². The minimum atomic E-state index is -0.750. The second kappa shape index (κ2) is 21.9. The van der Waals surface area contributed by atoms with E-state index in [2.05, 4.69) is 121 Å². The first-order chi connectivity index (χ1) is 22.9. The molecule has 1 aliphatic heterocycles. The lowest BCUT2D eigenvalue weighted by atomic mass is 10.4. The van der Waals surface area contributed by atoms with Crippen molar-refractivity contribution in [1.29, 1.82) is 0 Å². The molecule has 0 unspecified atom stereocenters. The van der Waals surface area contributed by atoms with E-state index in [-0.39, 0.29) is 11.6 Å². The van der Waals surface area contributed by atoms with Gasteiger partial charge in [0.15, 0.2) is 23.1 Å². The lowest BCUT2D eigenvalue weighted by Gasteiger charge is -2.17. The van der Waals surface area contributed by atoms with Crippen molar-refractivity contribution in [1.82, 2.24) is 19.9 Å². The maximum atomic E-state index is 10.6. The maximum Gasteiger partial charge on any atom is 0.407 e. The van der Waals surface area contributed by atoms with E-state index in [0.717, 1.165) is 34.7 Å². The van der Waals surface area contributed by atoms with E-state index < -0.39 is 21.4 Å². The summed E-state index contributed by atoms with van der Waals surface area (Å²) in [6, 6.07) is 13.1. The largest absolute Gasteiger partial charge is 0.501 e. The van der Waals surface area contributed by atoms with E-state index in [1.165, 1.54) is 18.2 Å². The van der Waals surface area contributed by atoms with Gasteiger partial charge in [0.25, 0.3) is 0 Å². The van der Waals surface area contributed by atoms with E-state index in [1.807, 2.05) is 12.1 Å². The molecule has 5 heterocycles. The number of ether oxygens (including phenoxy) is 3. The summed E-state index contributed by atoms with van der Waals surface area (Å²) in [4.78, 5) is 34.7. The fourth-order valence-electron chi connectivity index (χ4n) is 3.06. The Morgan fingerprint density at radius 1 is 0.771 bits per heavy atom. The number of anilines is 2. The number of hydrogen-bond donors (Lipinski definition) is 3.